The molecule has 1 unspecified atom stereocenters. The Morgan fingerprint density at radius 2 is 1.88 bits per heavy atom. The second kappa shape index (κ2) is 8.34. The van der Waals surface area contributed by atoms with Crippen molar-refractivity contribution in [1.82, 2.24) is 14.8 Å². The molecule has 0 N–H and O–H groups in total. The van der Waals surface area contributed by atoms with Crippen LogP contribution in [0.15, 0.2) is 72.4 Å². The van der Waals surface area contributed by atoms with Crippen LogP contribution < -0.4 is 0 Å². The highest BCUT2D eigenvalue weighted by atomic mass is 35.5. The predicted molar refractivity (Wildman–Crippen MR) is 107 cm³/mol. The third-order valence-corrected chi connectivity index (χ3v) is 5.17. The summed E-state index contributed by atoms with van der Waals surface area (Å²) in [7, 11) is 0. The van der Waals surface area contributed by atoms with Gasteiger partial charge in [0.05, 0.1) is 5.25 Å². The van der Waals surface area contributed by atoms with E-state index in [0.717, 1.165) is 11.4 Å². The number of rotatable bonds is 7. The number of carbonyl (C=O) groups is 1. The maximum atomic E-state index is 12.7. The highest BCUT2D eigenvalue weighted by Gasteiger charge is 2.21. The topological polar surface area (TPSA) is 47.8 Å². The van der Waals surface area contributed by atoms with Crippen molar-refractivity contribution in [3.05, 3.63) is 77.8 Å². The van der Waals surface area contributed by atoms with Gasteiger partial charge in [-0.3, -0.25) is 9.36 Å². The van der Waals surface area contributed by atoms with Crippen LogP contribution in [0.2, 0.25) is 5.02 Å². The molecule has 26 heavy (non-hydrogen) atoms. The molecule has 0 saturated heterocycles. The number of ketones is 1. The first kappa shape index (κ1) is 18.4. The fourth-order valence-electron chi connectivity index (χ4n) is 2.53. The van der Waals surface area contributed by atoms with Crippen molar-refractivity contribution in [1.29, 1.82) is 0 Å². The number of aromatic nitrogens is 3. The first-order valence-electron chi connectivity index (χ1n) is 8.16. The predicted octanol–water partition coefficient (Wildman–Crippen LogP) is 5.15. The molecule has 0 saturated carbocycles. The van der Waals surface area contributed by atoms with Crippen LogP contribution in [-0.4, -0.2) is 25.8 Å². The molecule has 0 aliphatic carbocycles. The van der Waals surface area contributed by atoms with Gasteiger partial charge in [0, 0.05) is 22.7 Å². The van der Waals surface area contributed by atoms with E-state index in [1.54, 1.807) is 30.3 Å². The third kappa shape index (κ3) is 4.06. The van der Waals surface area contributed by atoms with Gasteiger partial charge in [-0.05, 0) is 31.2 Å². The van der Waals surface area contributed by atoms with Crippen LogP contribution in [0.5, 0.6) is 0 Å². The number of allylic oxidation sites excluding steroid dienone is 1. The van der Waals surface area contributed by atoms with E-state index < -0.39 is 0 Å². The van der Waals surface area contributed by atoms with Crippen molar-refractivity contribution in [2.45, 2.75) is 23.9 Å². The number of thioether (sulfide) groups is 1. The maximum absolute atomic E-state index is 12.7. The van der Waals surface area contributed by atoms with Crippen LogP contribution in [0.4, 0.5) is 0 Å². The molecule has 132 valence electrons. The number of Topliss-reactive ketones (excluding diaryl/α,β-unsaturated/α-hetero) is 1. The van der Waals surface area contributed by atoms with E-state index in [9.17, 15) is 4.79 Å². The Kier molecular flexibility index (Phi) is 5.91. The normalized spacial score (nSPS) is 11.9. The van der Waals surface area contributed by atoms with E-state index >= 15 is 0 Å². The second-order valence-electron chi connectivity index (χ2n) is 5.70. The van der Waals surface area contributed by atoms with Crippen LogP contribution >= 0.6 is 23.4 Å². The van der Waals surface area contributed by atoms with Crippen molar-refractivity contribution in [3.63, 3.8) is 0 Å². The van der Waals surface area contributed by atoms with Crippen LogP contribution in [-0.2, 0) is 6.54 Å². The first-order chi connectivity index (χ1) is 12.6. The summed E-state index contributed by atoms with van der Waals surface area (Å²) in [5, 5.41) is 9.62. The Morgan fingerprint density at radius 1 is 1.19 bits per heavy atom. The SMILES string of the molecule is C=CCn1c(SC(C)C(=O)c2ccc(Cl)cc2)nnc1-c1ccccc1. The summed E-state index contributed by atoms with van der Waals surface area (Å²) >= 11 is 7.29. The largest absolute Gasteiger partial charge is 0.298 e. The summed E-state index contributed by atoms with van der Waals surface area (Å²) in [6, 6.07) is 16.8. The molecule has 0 fully saturated rings. The fraction of sp³-hybridized carbons (Fsp3) is 0.150. The number of halogens is 1. The van der Waals surface area contributed by atoms with Gasteiger partial charge in [-0.25, -0.2) is 0 Å². The van der Waals surface area contributed by atoms with Crippen molar-refractivity contribution in [2.24, 2.45) is 0 Å². The van der Waals surface area contributed by atoms with Gasteiger partial charge in [-0.1, -0.05) is 59.8 Å². The summed E-state index contributed by atoms with van der Waals surface area (Å²) in [5.41, 5.74) is 1.61. The van der Waals surface area contributed by atoms with Gasteiger partial charge in [0.25, 0.3) is 0 Å². The summed E-state index contributed by atoms with van der Waals surface area (Å²) in [5.74, 6) is 0.792. The lowest BCUT2D eigenvalue weighted by molar-refractivity contribution is 0.0994. The molecule has 0 radical (unpaired) electrons. The van der Waals surface area contributed by atoms with Crippen LogP contribution in [0.1, 0.15) is 17.3 Å². The Balaban J connectivity index is 1.85. The van der Waals surface area contributed by atoms with Crippen LogP contribution in [0.25, 0.3) is 11.4 Å². The molecular formula is C20H18ClN3OS. The van der Waals surface area contributed by atoms with Gasteiger partial charge in [0.2, 0.25) is 0 Å². The van der Waals surface area contributed by atoms with E-state index in [2.05, 4.69) is 16.8 Å². The average Bonchev–Trinajstić information content (AvgIpc) is 3.05. The molecule has 4 nitrogen and oxygen atoms in total. The molecule has 0 amide bonds. The summed E-state index contributed by atoms with van der Waals surface area (Å²) in [4.78, 5) is 12.7. The minimum absolute atomic E-state index is 0.0288. The second-order valence-corrected chi connectivity index (χ2v) is 7.45. The number of hydrogen-bond donors (Lipinski definition) is 0. The molecule has 0 spiro atoms. The number of benzene rings is 2. The highest BCUT2D eigenvalue weighted by molar-refractivity contribution is 8.00. The number of nitrogens with zero attached hydrogens (tertiary/aromatic N) is 3. The standard InChI is InChI=1S/C20H18ClN3OS/c1-3-13-24-19(16-7-5-4-6-8-16)22-23-20(24)26-14(2)18(25)15-9-11-17(21)12-10-15/h3-12,14H,1,13H2,2H3. The van der Waals surface area contributed by atoms with Gasteiger partial charge in [0.1, 0.15) is 0 Å². The molecule has 6 heteroatoms. The number of hydrogen-bond acceptors (Lipinski definition) is 4. The fourth-order valence-corrected chi connectivity index (χ4v) is 3.59. The molecule has 3 rings (SSSR count). The molecule has 0 bridgehead atoms. The quantitative estimate of drug-likeness (QED) is 0.321. The lowest BCUT2D eigenvalue weighted by Gasteiger charge is -2.12. The van der Waals surface area contributed by atoms with Crippen LogP contribution in [0.3, 0.4) is 0 Å². The lowest BCUT2D eigenvalue weighted by atomic mass is 10.1. The first-order valence-corrected chi connectivity index (χ1v) is 9.42. The highest BCUT2D eigenvalue weighted by Crippen LogP contribution is 2.28. The zero-order chi connectivity index (χ0) is 18.5. The molecule has 3 aromatic rings. The van der Waals surface area contributed by atoms with Crippen molar-refractivity contribution in [3.8, 4) is 11.4 Å². The molecular weight excluding hydrogens is 366 g/mol. The Morgan fingerprint density at radius 3 is 2.54 bits per heavy atom. The van der Waals surface area contributed by atoms with E-state index in [-0.39, 0.29) is 11.0 Å². The van der Waals surface area contributed by atoms with E-state index in [1.165, 1.54) is 11.8 Å². The Labute approximate surface area is 161 Å². The molecule has 0 aliphatic heterocycles. The van der Waals surface area contributed by atoms with Crippen molar-refractivity contribution in [2.75, 3.05) is 0 Å². The van der Waals surface area contributed by atoms with Gasteiger partial charge in [-0.2, -0.15) is 0 Å². The molecule has 0 aliphatic rings. The zero-order valence-corrected chi connectivity index (χ0v) is 15.9. The van der Waals surface area contributed by atoms with Gasteiger partial charge in [0.15, 0.2) is 16.8 Å². The number of carbonyl (C=O) groups excluding carboxylic acids is 1. The molecule has 2 aromatic carbocycles. The lowest BCUT2D eigenvalue weighted by Crippen LogP contribution is -2.14. The Bertz CT molecular complexity index is 907. The van der Waals surface area contributed by atoms with Gasteiger partial charge in [-0.15, -0.1) is 16.8 Å². The van der Waals surface area contributed by atoms with E-state index in [1.807, 2.05) is 41.8 Å². The summed E-state index contributed by atoms with van der Waals surface area (Å²) in [6.45, 7) is 6.26. The van der Waals surface area contributed by atoms with Gasteiger partial charge >= 0.3 is 0 Å². The molecule has 1 aromatic heterocycles. The summed E-state index contributed by atoms with van der Waals surface area (Å²) in [6.07, 6.45) is 1.80. The smallest absolute Gasteiger partial charge is 0.192 e. The molecule has 1 atom stereocenters. The maximum Gasteiger partial charge on any atom is 0.192 e. The van der Waals surface area contributed by atoms with Gasteiger partial charge < -0.3 is 0 Å². The molecule has 1 heterocycles. The monoisotopic (exact) mass is 383 g/mol. The Hall–Kier alpha value is -2.37. The van der Waals surface area contributed by atoms with Crippen molar-refractivity contribution < 1.29 is 4.79 Å². The zero-order valence-electron chi connectivity index (χ0n) is 14.3. The van der Waals surface area contributed by atoms with Crippen molar-refractivity contribution >= 4 is 29.1 Å². The minimum atomic E-state index is -0.299. The van der Waals surface area contributed by atoms with Crippen LogP contribution in [0, 0.1) is 0 Å². The van der Waals surface area contributed by atoms with E-state index in [0.29, 0.717) is 22.3 Å². The summed E-state index contributed by atoms with van der Waals surface area (Å²) < 4.78 is 1.97. The van der Waals surface area contributed by atoms with E-state index in [4.69, 9.17) is 11.6 Å². The minimum Gasteiger partial charge on any atom is -0.298 e. The third-order valence-electron chi connectivity index (χ3n) is 3.84. The average molecular weight is 384 g/mol.